The van der Waals surface area contributed by atoms with Gasteiger partial charge in [0.05, 0.1) is 16.1 Å². The van der Waals surface area contributed by atoms with Gasteiger partial charge in [0.15, 0.2) is 0 Å². The number of hydrogen-bond acceptors (Lipinski definition) is 5. The predicted molar refractivity (Wildman–Crippen MR) is 73.2 cm³/mol. The Morgan fingerprint density at radius 2 is 2.11 bits per heavy atom. The highest BCUT2D eigenvalue weighted by Crippen LogP contribution is 2.15. The van der Waals surface area contributed by atoms with Crippen molar-refractivity contribution >= 4 is 17.5 Å². The molecule has 5 nitrogen and oxygen atoms in total. The lowest BCUT2D eigenvalue weighted by Gasteiger charge is -2.17. The van der Waals surface area contributed by atoms with Crippen molar-refractivity contribution in [1.82, 2.24) is 14.5 Å². The Hall–Kier alpha value is -1.79. The molecule has 0 spiro atoms. The zero-order valence-corrected chi connectivity index (χ0v) is 11.6. The van der Waals surface area contributed by atoms with Gasteiger partial charge >= 0.3 is 5.97 Å². The van der Waals surface area contributed by atoms with Crippen molar-refractivity contribution in [2.75, 3.05) is 7.05 Å². The van der Waals surface area contributed by atoms with Crippen molar-refractivity contribution in [3.05, 3.63) is 46.0 Å². The summed E-state index contributed by atoms with van der Waals surface area (Å²) in [5.74, 6) is -0.889. The highest BCUT2D eigenvalue weighted by atomic mass is 32.1. The molecule has 0 aliphatic heterocycles. The van der Waals surface area contributed by atoms with E-state index < -0.39 is 5.97 Å². The molecule has 1 N–H and O–H groups in total. The summed E-state index contributed by atoms with van der Waals surface area (Å²) in [6.07, 6.45) is 0. The van der Waals surface area contributed by atoms with Crippen LogP contribution in [0.4, 0.5) is 0 Å². The minimum Gasteiger partial charge on any atom is -0.478 e. The van der Waals surface area contributed by atoms with E-state index in [1.807, 2.05) is 26.1 Å². The maximum atomic E-state index is 11.1. The van der Waals surface area contributed by atoms with Gasteiger partial charge in [-0.25, -0.2) is 4.79 Å². The van der Waals surface area contributed by atoms with Crippen LogP contribution in [-0.4, -0.2) is 32.6 Å². The maximum Gasteiger partial charge on any atom is 0.336 e. The summed E-state index contributed by atoms with van der Waals surface area (Å²) in [5.41, 5.74) is 2.10. The Morgan fingerprint density at radius 3 is 2.74 bits per heavy atom. The molecule has 1 aromatic heterocycles. The maximum absolute atomic E-state index is 11.1. The first-order valence-electron chi connectivity index (χ1n) is 5.85. The zero-order valence-electron chi connectivity index (χ0n) is 10.8. The van der Waals surface area contributed by atoms with E-state index in [0.717, 1.165) is 22.7 Å². The third-order valence-electron chi connectivity index (χ3n) is 2.85. The van der Waals surface area contributed by atoms with Crippen LogP contribution in [0.1, 0.15) is 26.5 Å². The smallest absolute Gasteiger partial charge is 0.336 e. The molecule has 0 atom stereocenters. The minimum absolute atomic E-state index is 0.355. The van der Waals surface area contributed by atoms with Crippen LogP contribution in [0.25, 0.3) is 0 Å². The van der Waals surface area contributed by atoms with Crippen LogP contribution in [0, 0.1) is 6.92 Å². The van der Waals surface area contributed by atoms with Gasteiger partial charge < -0.3 is 5.11 Å². The fourth-order valence-corrected chi connectivity index (χ4v) is 2.57. The average molecular weight is 277 g/mol. The van der Waals surface area contributed by atoms with E-state index in [0.29, 0.717) is 12.1 Å². The molecule has 0 amide bonds. The first-order chi connectivity index (χ1) is 9.08. The molecule has 100 valence electrons. The van der Waals surface area contributed by atoms with Crippen LogP contribution >= 0.6 is 11.5 Å². The number of benzene rings is 1. The summed E-state index contributed by atoms with van der Waals surface area (Å²) in [4.78, 5) is 14.3. The number of nitrogens with zero attached hydrogens (tertiary/aromatic N) is 3. The number of aromatic nitrogens is 2. The molecule has 1 heterocycles. The van der Waals surface area contributed by atoms with Gasteiger partial charge in [-0.05, 0) is 37.1 Å². The lowest BCUT2D eigenvalue weighted by molar-refractivity contribution is 0.0694. The molecule has 0 fully saturated rings. The predicted octanol–water partition coefficient (Wildman–Crippen LogP) is 2.18. The van der Waals surface area contributed by atoms with Crippen molar-refractivity contribution in [2.45, 2.75) is 20.0 Å². The van der Waals surface area contributed by atoms with Gasteiger partial charge in [0.2, 0.25) is 0 Å². The largest absolute Gasteiger partial charge is 0.478 e. The standard InChI is InChI=1S/C13H15N3O2S/c1-9-12(19-15-14-9)8-16(2)7-10-5-3-4-6-11(10)13(17)18/h3-6H,7-8H2,1-2H3,(H,17,18). The molecule has 0 bridgehead atoms. The number of aromatic carboxylic acids is 1. The lowest BCUT2D eigenvalue weighted by atomic mass is 10.1. The first-order valence-corrected chi connectivity index (χ1v) is 6.63. The van der Waals surface area contributed by atoms with Gasteiger partial charge in [-0.15, -0.1) is 5.10 Å². The van der Waals surface area contributed by atoms with Crippen LogP contribution in [0.3, 0.4) is 0 Å². The van der Waals surface area contributed by atoms with Gasteiger partial charge in [-0.1, -0.05) is 22.7 Å². The molecule has 1 aromatic carbocycles. The van der Waals surface area contributed by atoms with Crippen molar-refractivity contribution in [3.63, 3.8) is 0 Å². The zero-order chi connectivity index (χ0) is 13.8. The molecule has 0 aliphatic rings. The summed E-state index contributed by atoms with van der Waals surface area (Å²) in [5, 5.41) is 13.1. The van der Waals surface area contributed by atoms with Crippen LogP contribution in [0.5, 0.6) is 0 Å². The first kappa shape index (κ1) is 13.6. The Balaban J connectivity index is 2.09. The quantitative estimate of drug-likeness (QED) is 0.907. The Bertz CT molecular complexity index is 583. The summed E-state index contributed by atoms with van der Waals surface area (Å²) in [6.45, 7) is 3.23. The van der Waals surface area contributed by atoms with Crippen molar-refractivity contribution < 1.29 is 9.90 Å². The van der Waals surface area contributed by atoms with Crippen LogP contribution in [0.15, 0.2) is 24.3 Å². The normalized spacial score (nSPS) is 10.9. The number of carboxylic acids is 1. The number of carbonyl (C=O) groups is 1. The highest BCUT2D eigenvalue weighted by molar-refractivity contribution is 7.05. The number of aryl methyl sites for hydroxylation is 1. The lowest BCUT2D eigenvalue weighted by Crippen LogP contribution is -2.19. The summed E-state index contributed by atoms with van der Waals surface area (Å²) < 4.78 is 3.90. The minimum atomic E-state index is -0.889. The fourth-order valence-electron chi connectivity index (χ4n) is 1.85. The topological polar surface area (TPSA) is 66.3 Å². The second kappa shape index (κ2) is 5.90. The number of carboxylic acid groups (broad SMARTS) is 1. The molecule has 0 radical (unpaired) electrons. The second-order valence-electron chi connectivity index (χ2n) is 4.42. The Kier molecular flexibility index (Phi) is 4.24. The van der Waals surface area contributed by atoms with Gasteiger partial charge in [-0.3, -0.25) is 4.90 Å². The summed E-state index contributed by atoms with van der Waals surface area (Å²) in [7, 11) is 1.96. The average Bonchev–Trinajstić information content (AvgIpc) is 2.75. The Labute approximate surface area is 115 Å². The van der Waals surface area contributed by atoms with E-state index in [9.17, 15) is 4.79 Å². The Morgan fingerprint density at radius 1 is 1.37 bits per heavy atom. The van der Waals surface area contributed by atoms with E-state index in [4.69, 9.17) is 5.11 Å². The second-order valence-corrected chi connectivity index (χ2v) is 5.25. The molecule has 0 saturated heterocycles. The van der Waals surface area contributed by atoms with E-state index in [-0.39, 0.29) is 0 Å². The van der Waals surface area contributed by atoms with Gasteiger partial charge in [-0.2, -0.15) is 0 Å². The van der Waals surface area contributed by atoms with E-state index in [1.54, 1.807) is 12.1 Å². The van der Waals surface area contributed by atoms with Crippen LogP contribution in [0.2, 0.25) is 0 Å². The summed E-state index contributed by atoms with van der Waals surface area (Å²) in [6, 6.07) is 7.07. The van der Waals surface area contributed by atoms with Crippen LogP contribution < -0.4 is 0 Å². The van der Waals surface area contributed by atoms with Gasteiger partial charge in [0, 0.05) is 13.1 Å². The molecule has 0 saturated carbocycles. The van der Waals surface area contributed by atoms with Gasteiger partial charge in [0.25, 0.3) is 0 Å². The van der Waals surface area contributed by atoms with E-state index in [2.05, 4.69) is 14.5 Å². The summed E-state index contributed by atoms with van der Waals surface area (Å²) >= 11 is 1.38. The molecule has 0 aliphatic carbocycles. The monoisotopic (exact) mass is 277 g/mol. The highest BCUT2D eigenvalue weighted by Gasteiger charge is 2.12. The number of hydrogen-bond donors (Lipinski definition) is 1. The van der Waals surface area contributed by atoms with E-state index in [1.165, 1.54) is 11.5 Å². The molecule has 0 unspecified atom stereocenters. The molecule has 2 rings (SSSR count). The molecule has 6 heteroatoms. The molecule has 19 heavy (non-hydrogen) atoms. The van der Waals surface area contributed by atoms with Crippen molar-refractivity contribution in [3.8, 4) is 0 Å². The molecular formula is C13H15N3O2S. The third-order valence-corrected chi connectivity index (χ3v) is 3.66. The van der Waals surface area contributed by atoms with Crippen molar-refractivity contribution in [2.24, 2.45) is 0 Å². The van der Waals surface area contributed by atoms with Gasteiger partial charge in [0.1, 0.15) is 0 Å². The molecule has 2 aromatic rings. The third kappa shape index (κ3) is 3.36. The molecular weight excluding hydrogens is 262 g/mol. The van der Waals surface area contributed by atoms with E-state index >= 15 is 0 Å². The SMILES string of the molecule is Cc1nnsc1CN(C)Cc1ccccc1C(=O)O. The fraction of sp³-hybridized carbons (Fsp3) is 0.308. The number of rotatable bonds is 5. The van der Waals surface area contributed by atoms with Crippen molar-refractivity contribution in [1.29, 1.82) is 0 Å². The van der Waals surface area contributed by atoms with Crippen LogP contribution in [-0.2, 0) is 13.1 Å².